The number of nitrogen functional groups attached to an aromatic ring is 1. The van der Waals surface area contributed by atoms with Crippen molar-refractivity contribution < 1.29 is 0 Å². The highest BCUT2D eigenvalue weighted by Crippen LogP contribution is 2.31. The van der Waals surface area contributed by atoms with Crippen LogP contribution in [-0.4, -0.2) is 27.4 Å². The molecule has 0 aliphatic carbocycles. The van der Waals surface area contributed by atoms with Crippen molar-refractivity contribution >= 4 is 11.4 Å². The number of nitrogens with zero attached hydrogens (tertiary/aromatic N) is 4. The Kier molecular flexibility index (Phi) is 3.11. The zero-order valence-electron chi connectivity index (χ0n) is 11.2. The minimum Gasteiger partial charge on any atom is -0.399 e. The van der Waals surface area contributed by atoms with Gasteiger partial charge in [-0.3, -0.25) is 4.57 Å². The van der Waals surface area contributed by atoms with Crippen LogP contribution in [0.5, 0.6) is 0 Å². The second-order valence-corrected chi connectivity index (χ2v) is 5.16. The number of anilines is 2. The van der Waals surface area contributed by atoms with Gasteiger partial charge < -0.3 is 10.6 Å². The molecular weight excluding hydrogens is 238 g/mol. The van der Waals surface area contributed by atoms with Crippen LogP contribution in [-0.2, 0) is 0 Å². The first kappa shape index (κ1) is 12.0. The predicted molar refractivity (Wildman–Crippen MR) is 76.4 cm³/mol. The third-order valence-electron chi connectivity index (χ3n) is 3.81. The first-order chi connectivity index (χ1) is 9.25. The first-order valence-corrected chi connectivity index (χ1v) is 6.77. The molecule has 1 aromatic heterocycles. The minimum absolute atomic E-state index is 0.563. The third kappa shape index (κ3) is 2.28. The van der Waals surface area contributed by atoms with E-state index in [9.17, 15) is 0 Å². The number of hydrogen-bond donors (Lipinski definition) is 1. The topological polar surface area (TPSA) is 60.0 Å². The van der Waals surface area contributed by atoms with Crippen LogP contribution < -0.4 is 10.6 Å². The van der Waals surface area contributed by atoms with E-state index >= 15 is 0 Å². The van der Waals surface area contributed by atoms with Crippen LogP contribution in [0.25, 0.3) is 5.69 Å². The summed E-state index contributed by atoms with van der Waals surface area (Å²) in [6.07, 6.45) is 7.23. The SMILES string of the molecule is CC1CCCCN1c1ccc(N)cc1-n1cnnc1. The van der Waals surface area contributed by atoms with Crippen molar-refractivity contribution in [3.05, 3.63) is 30.9 Å². The lowest BCUT2D eigenvalue weighted by molar-refractivity contribution is 0.484. The maximum atomic E-state index is 5.93. The molecule has 0 bridgehead atoms. The normalized spacial score (nSPS) is 19.6. The van der Waals surface area contributed by atoms with E-state index in [2.05, 4.69) is 28.1 Å². The smallest absolute Gasteiger partial charge is 0.123 e. The molecule has 0 radical (unpaired) electrons. The molecule has 2 N–H and O–H groups in total. The Morgan fingerprint density at radius 1 is 1.16 bits per heavy atom. The van der Waals surface area contributed by atoms with E-state index in [0.29, 0.717) is 6.04 Å². The summed E-state index contributed by atoms with van der Waals surface area (Å²) in [5, 5.41) is 7.77. The Bertz CT molecular complexity index is 549. The fourth-order valence-corrected chi connectivity index (χ4v) is 2.77. The Labute approximate surface area is 113 Å². The largest absolute Gasteiger partial charge is 0.399 e. The average Bonchev–Trinajstić information content (AvgIpc) is 2.93. The van der Waals surface area contributed by atoms with E-state index in [4.69, 9.17) is 5.73 Å². The van der Waals surface area contributed by atoms with Gasteiger partial charge in [-0.05, 0) is 44.4 Å². The Morgan fingerprint density at radius 2 is 1.95 bits per heavy atom. The second kappa shape index (κ2) is 4.91. The molecule has 3 rings (SSSR count). The zero-order chi connectivity index (χ0) is 13.2. The summed E-state index contributed by atoms with van der Waals surface area (Å²) in [5.41, 5.74) is 8.95. The van der Waals surface area contributed by atoms with Crippen LogP contribution >= 0.6 is 0 Å². The maximum Gasteiger partial charge on any atom is 0.123 e. The van der Waals surface area contributed by atoms with Crippen LogP contribution in [0.2, 0.25) is 0 Å². The van der Waals surface area contributed by atoms with Crippen molar-refractivity contribution in [2.75, 3.05) is 17.2 Å². The summed E-state index contributed by atoms with van der Waals surface area (Å²) in [6, 6.07) is 6.62. The average molecular weight is 257 g/mol. The van der Waals surface area contributed by atoms with Crippen molar-refractivity contribution in [2.24, 2.45) is 0 Å². The van der Waals surface area contributed by atoms with Crippen molar-refractivity contribution in [2.45, 2.75) is 32.2 Å². The number of rotatable bonds is 2. The number of aromatic nitrogens is 3. The molecular formula is C14H19N5. The van der Waals surface area contributed by atoms with Crippen molar-refractivity contribution in [1.82, 2.24) is 14.8 Å². The van der Waals surface area contributed by atoms with E-state index in [0.717, 1.165) is 17.9 Å². The van der Waals surface area contributed by atoms with Crippen molar-refractivity contribution in [1.29, 1.82) is 0 Å². The molecule has 1 saturated heterocycles. The lowest BCUT2D eigenvalue weighted by Crippen LogP contribution is -2.38. The highest BCUT2D eigenvalue weighted by Gasteiger charge is 2.21. The van der Waals surface area contributed by atoms with Gasteiger partial charge in [0.2, 0.25) is 0 Å². The lowest BCUT2D eigenvalue weighted by atomic mass is 10.0. The monoisotopic (exact) mass is 257 g/mol. The van der Waals surface area contributed by atoms with Gasteiger partial charge in [-0.15, -0.1) is 10.2 Å². The molecule has 0 amide bonds. The molecule has 1 atom stereocenters. The van der Waals surface area contributed by atoms with E-state index in [1.54, 1.807) is 12.7 Å². The molecule has 0 saturated carbocycles. The molecule has 5 heteroatoms. The van der Waals surface area contributed by atoms with Crippen LogP contribution in [0, 0.1) is 0 Å². The van der Waals surface area contributed by atoms with Crippen LogP contribution in [0.4, 0.5) is 11.4 Å². The number of nitrogens with two attached hydrogens (primary N) is 1. The van der Waals surface area contributed by atoms with E-state index in [1.165, 1.54) is 24.9 Å². The molecule has 0 spiro atoms. The summed E-state index contributed by atoms with van der Waals surface area (Å²) in [4.78, 5) is 2.46. The van der Waals surface area contributed by atoms with E-state index in [1.807, 2.05) is 16.7 Å². The Morgan fingerprint density at radius 3 is 2.68 bits per heavy atom. The minimum atomic E-state index is 0.563. The zero-order valence-corrected chi connectivity index (χ0v) is 11.2. The number of hydrogen-bond acceptors (Lipinski definition) is 4. The van der Waals surface area contributed by atoms with Gasteiger partial charge in [0.15, 0.2) is 0 Å². The van der Waals surface area contributed by atoms with Gasteiger partial charge in [0, 0.05) is 18.3 Å². The first-order valence-electron chi connectivity index (χ1n) is 6.77. The molecule has 1 unspecified atom stereocenters. The van der Waals surface area contributed by atoms with E-state index in [-0.39, 0.29) is 0 Å². The predicted octanol–water partition coefficient (Wildman–Crippen LogP) is 2.23. The van der Waals surface area contributed by atoms with Crippen molar-refractivity contribution in [3.8, 4) is 5.69 Å². The summed E-state index contributed by atoms with van der Waals surface area (Å²) < 4.78 is 1.92. The van der Waals surface area contributed by atoms with Gasteiger partial charge in [-0.2, -0.15) is 0 Å². The fourth-order valence-electron chi connectivity index (χ4n) is 2.77. The van der Waals surface area contributed by atoms with Gasteiger partial charge in [-0.1, -0.05) is 0 Å². The van der Waals surface area contributed by atoms with Gasteiger partial charge in [-0.25, -0.2) is 0 Å². The highest BCUT2D eigenvalue weighted by molar-refractivity contribution is 5.68. The molecule has 5 nitrogen and oxygen atoms in total. The van der Waals surface area contributed by atoms with Crippen molar-refractivity contribution in [3.63, 3.8) is 0 Å². The van der Waals surface area contributed by atoms with Gasteiger partial charge >= 0.3 is 0 Å². The second-order valence-electron chi connectivity index (χ2n) is 5.16. The van der Waals surface area contributed by atoms with Crippen LogP contribution in [0.15, 0.2) is 30.9 Å². The van der Waals surface area contributed by atoms with Gasteiger partial charge in [0.25, 0.3) is 0 Å². The molecule has 100 valence electrons. The highest BCUT2D eigenvalue weighted by atomic mass is 15.3. The lowest BCUT2D eigenvalue weighted by Gasteiger charge is -2.36. The molecule has 2 heterocycles. The summed E-state index contributed by atoms with van der Waals surface area (Å²) in [7, 11) is 0. The summed E-state index contributed by atoms with van der Waals surface area (Å²) >= 11 is 0. The molecule has 1 aromatic carbocycles. The molecule has 2 aromatic rings. The molecule has 1 aliphatic heterocycles. The quantitative estimate of drug-likeness (QED) is 0.838. The third-order valence-corrected chi connectivity index (χ3v) is 3.81. The number of benzene rings is 1. The fraction of sp³-hybridized carbons (Fsp3) is 0.429. The standard InChI is InChI=1S/C14H19N5/c1-11-4-2-3-7-19(11)13-6-5-12(15)8-14(13)18-9-16-17-10-18/h5-6,8-11H,2-4,7,15H2,1H3. The summed E-state index contributed by atoms with van der Waals surface area (Å²) in [5.74, 6) is 0. The summed E-state index contributed by atoms with van der Waals surface area (Å²) in [6.45, 7) is 3.38. The van der Waals surface area contributed by atoms with Gasteiger partial charge in [0.05, 0.1) is 11.4 Å². The Hall–Kier alpha value is -2.04. The Balaban J connectivity index is 2.05. The molecule has 19 heavy (non-hydrogen) atoms. The van der Waals surface area contributed by atoms with Crippen LogP contribution in [0.3, 0.4) is 0 Å². The van der Waals surface area contributed by atoms with E-state index < -0.39 is 0 Å². The maximum absolute atomic E-state index is 5.93. The molecule has 1 aliphatic rings. The van der Waals surface area contributed by atoms with Crippen LogP contribution in [0.1, 0.15) is 26.2 Å². The molecule has 1 fully saturated rings. The van der Waals surface area contributed by atoms with Gasteiger partial charge in [0.1, 0.15) is 12.7 Å². The number of piperidine rings is 1.